The maximum absolute atomic E-state index is 13.9. The van der Waals surface area contributed by atoms with Crippen LogP contribution in [0.2, 0.25) is 0 Å². The molecule has 1 fully saturated rings. The number of furan rings is 1. The third kappa shape index (κ3) is 4.75. The van der Waals surface area contributed by atoms with Crippen molar-refractivity contribution in [3.05, 3.63) is 83.6 Å². The van der Waals surface area contributed by atoms with Gasteiger partial charge < -0.3 is 14.3 Å². The number of aromatic nitrogens is 1. The molecule has 1 atom stereocenters. The van der Waals surface area contributed by atoms with E-state index in [0.717, 1.165) is 45.9 Å². The van der Waals surface area contributed by atoms with Gasteiger partial charge in [-0.1, -0.05) is 31.2 Å². The van der Waals surface area contributed by atoms with E-state index in [4.69, 9.17) is 4.42 Å². The third-order valence-electron chi connectivity index (χ3n) is 7.74. The number of hydrogen-bond acceptors (Lipinski definition) is 6. The Balaban J connectivity index is 1.31. The number of nitrogens with zero attached hydrogens (tertiary/aromatic N) is 3. The molecule has 6 rings (SSSR count). The smallest absolute Gasteiger partial charge is 0.253 e. The standard InChI is InChI=1S/C30H32N4O4S2/c1-3-21-19-38-20-22(21)17-32-13-14-34(40(36,37)29-10-7-15-39-29)28(18-32)30(35)31-23-11-12-27-25(16-23)24-8-5-6-9-26(24)33(27)4-2/h5-12,15-16,19-20,28H,3-4,13-14,17-18H2,1-2H3,(H,31,35)/t28-/m0/s1. The highest BCUT2D eigenvalue weighted by Gasteiger charge is 2.40. The molecule has 3 aromatic heterocycles. The van der Waals surface area contributed by atoms with Gasteiger partial charge in [0.25, 0.3) is 10.0 Å². The number of aryl methyl sites for hydroxylation is 2. The zero-order chi connectivity index (χ0) is 27.9. The lowest BCUT2D eigenvalue weighted by Gasteiger charge is -2.39. The van der Waals surface area contributed by atoms with E-state index in [1.165, 1.54) is 15.6 Å². The molecule has 0 aliphatic carbocycles. The molecule has 8 nitrogen and oxygen atoms in total. The van der Waals surface area contributed by atoms with Crippen LogP contribution >= 0.6 is 11.3 Å². The first-order valence-electron chi connectivity index (χ1n) is 13.5. The van der Waals surface area contributed by atoms with Crippen LogP contribution in [0.25, 0.3) is 21.8 Å². The van der Waals surface area contributed by atoms with Crippen molar-refractivity contribution in [2.75, 3.05) is 25.0 Å². The van der Waals surface area contributed by atoms with Gasteiger partial charge in [0.15, 0.2) is 0 Å². The summed E-state index contributed by atoms with van der Waals surface area (Å²) >= 11 is 1.17. The Kier molecular flexibility index (Phi) is 7.26. The molecule has 10 heteroatoms. The quantitative estimate of drug-likeness (QED) is 0.262. The second kappa shape index (κ2) is 10.9. The molecule has 5 aromatic rings. The summed E-state index contributed by atoms with van der Waals surface area (Å²) in [4.78, 5) is 16.0. The molecule has 0 unspecified atom stereocenters. The second-order valence-corrected chi connectivity index (χ2v) is 13.1. The molecule has 1 saturated heterocycles. The summed E-state index contributed by atoms with van der Waals surface area (Å²) in [5.41, 5.74) is 5.07. The minimum atomic E-state index is -3.82. The summed E-state index contributed by atoms with van der Waals surface area (Å²) in [6.45, 7) is 6.64. The van der Waals surface area contributed by atoms with E-state index in [2.05, 4.69) is 40.8 Å². The molecular formula is C30H32N4O4S2. The van der Waals surface area contributed by atoms with Gasteiger partial charge in [-0.05, 0) is 54.6 Å². The van der Waals surface area contributed by atoms with Crippen LogP contribution in [-0.2, 0) is 34.3 Å². The molecule has 1 aliphatic rings. The van der Waals surface area contributed by atoms with E-state index < -0.39 is 16.1 Å². The number of amides is 1. The van der Waals surface area contributed by atoms with Crippen molar-refractivity contribution in [3.8, 4) is 0 Å². The number of para-hydroxylation sites is 1. The third-order valence-corrected chi connectivity index (χ3v) is 11.0. The van der Waals surface area contributed by atoms with Crippen LogP contribution in [0.15, 0.2) is 81.1 Å². The number of piperazine rings is 1. The molecular weight excluding hydrogens is 544 g/mol. The van der Waals surface area contributed by atoms with E-state index in [9.17, 15) is 13.2 Å². The normalized spacial score (nSPS) is 17.1. The van der Waals surface area contributed by atoms with Gasteiger partial charge >= 0.3 is 0 Å². The SMILES string of the molecule is CCc1cocc1CN1CCN(S(=O)(=O)c2cccs2)[C@H](C(=O)Nc2ccc3c(c2)c2ccccc2n3CC)C1. The number of benzene rings is 2. The summed E-state index contributed by atoms with van der Waals surface area (Å²) in [6, 6.07) is 16.6. The highest BCUT2D eigenvalue weighted by molar-refractivity contribution is 7.91. The first kappa shape index (κ1) is 26.8. The molecule has 208 valence electrons. The van der Waals surface area contributed by atoms with Gasteiger partial charge in [-0.2, -0.15) is 4.31 Å². The Morgan fingerprint density at radius 3 is 2.58 bits per heavy atom. The monoisotopic (exact) mass is 576 g/mol. The number of sulfonamides is 1. The lowest BCUT2D eigenvalue weighted by atomic mass is 10.1. The lowest BCUT2D eigenvalue weighted by Crippen LogP contribution is -2.59. The zero-order valence-corrected chi connectivity index (χ0v) is 24.2. The van der Waals surface area contributed by atoms with E-state index in [1.54, 1.807) is 30.0 Å². The molecule has 1 amide bonds. The minimum absolute atomic E-state index is 0.223. The Bertz CT molecular complexity index is 1770. The van der Waals surface area contributed by atoms with Crippen molar-refractivity contribution in [2.45, 2.75) is 43.6 Å². The van der Waals surface area contributed by atoms with Crippen LogP contribution in [0.1, 0.15) is 25.0 Å². The Morgan fingerprint density at radius 1 is 1.00 bits per heavy atom. The van der Waals surface area contributed by atoms with Gasteiger partial charge in [0, 0.05) is 65.8 Å². The predicted octanol–water partition coefficient (Wildman–Crippen LogP) is 5.55. The molecule has 1 aliphatic heterocycles. The topological polar surface area (TPSA) is 87.8 Å². The highest BCUT2D eigenvalue weighted by Crippen LogP contribution is 2.32. The summed E-state index contributed by atoms with van der Waals surface area (Å²) in [6.07, 6.45) is 4.34. The van der Waals surface area contributed by atoms with Crippen molar-refractivity contribution in [3.63, 3.8) is 0 Å². The van der Waals surface area contributed by atoms with Crippen molar-refractivity contribution in [1.29, 1.82) is 0 Å². The summed E-state index contributed by atoms with van der Waals surface area (Å²) in [7, 11) is -3.82. The average molecular weight is 577 g/mol. The fourth-order valence-corrected chi connectivity index (χ4v) is 8.42. The Hall–Kier alpha value is -3.44. The van der Waals surface area contributed by atoms with E-state index in [-0.39, 0.29) is 23.2 Å². The van der Waals surface area contributed by atoms with Gasteiger partial charge in [-0.3, -0.25) is 9.69 Å². The number of hydrogen-bond donors (Lipinski definition) is 1. The molecule has 40 heavy (non-hydrogen) atoms. The molecule has 0 saturated carbocycles. The van der Waals surface area contributed by atoms with Crippen LogP contribution in [0, 0.1) is 0 Å². The van der Waals surface area contributed by atoms with E-state index in [1.807, 2.05) is 30.3 Å². The van der Waals surface area contributed by atoms with Gasteiger partial charge in [0.2, 0.25) is 5.91 Å². The number of rotatable bonds is 8. The second-order valence-electron chi connectivity index (χ2n) is 10.1. The number of nitrogens with one attached hydrogen (secondary N) is 1. The fourth-order valence-electron chi connectivity index (χ4n) is 5.73. The van der Waals surface area contributed by atoms with Crippen LogP contribution in [0.3, 0.4) is 0 Å². The number of anilines is 1. The zero-order valence-electron chi connectivity index (χ0n) is 22.5. The maximum atomic E-state index is 13.9. The van der Waals surface area contributed by atoms with Crippen molar-refractivity contribution in [1.82, 2.24) is 13.8 Å². The maximum Gasteiger partial charge on any atom is 0.253 e. The van der Waals surface area contributed by atoms with Gasteiger partial charge in [0.05, 0.1) is 12.5 Å². The van der Waals surface area contributed by atoms with Gasteiger partial charge in [0.1, 0.15) is 10.3 Å². The number of thiophene rings is 1. The largest absolute Gasteiger partial charge is 0.472 e. The van der Waals surface area contributed by atoms with E-state index >= 15 is 0 Å². The van der Waals surface area contributed by atoms with Crippen LogP contribution in [0.4, 0.5) is 5.69 Å². The number of carbonyl (C=O) groups excluding carboxylic acids is 1. The van der Waals surface area contributed by atoms with E-state index in [0.29, 0.717) is 18.8 Å². The van der Waals surface area contributed by atoms with Crippen molar-refractivity contribution < 1.29 is 17.6 Å². The molecule has 0 radical (unpaired) electrons. The van der Waals surface area contributed by atoms with Crippen LogP contribution in [0.5, 0.6) is 0 Å². The minimum Gasteiger partial charge on any atom is -0.472 e. The molecule has 2 aromatic carbocycles. The van der Waals surface area contributed by atoms with Crippen LogP contribution in [-0.4, -0.2) is 53.8 Å². The highest BCUT2D eigenvalue weighted by atomic mass is 32.2. The summed E-state index contributed by atoms with van der Waals surface area (Å²) in [5.74, 6) is -0.341. The molecule has 0 spiro atoms. The van der Waals surface area contributed by atoms with Crippen molar-refractivity contribution in [2.24, 2.45) is 0 Å². The first-order chi connectivity index (χ1) is 19.4. The lowest BCUT2D eigenvalue weighted by molar-refractivity contribution is -0.121. The predicted molar refractivity (Wildman–Crippen MR) is 159 cm³/mol. The number of fused-ring (bicyclic) bond motifs is 3. The Morgan fingerprint density at radius 2 is 1.80 bits per heavy atom. The van der Waals surface area contributed by atoms with Gasteiger partial charge in [-0.15, -0.1) is 11.3 Å². The molecule has 4 heterocycles. The summed E-state index contributed by atoms with van der Waals surface area (Å²) in [5, 5.41) is 6.96. The van der Waals surface area contributed by atoms with Gasteiger partial charge in [-0.25, -0.2) is 8.42 Å². The Labute approximate surface area is 237 Å². The summed E-state index contributed by atoms with van der Waals surface area (Å²) < 4.78 is 36.5. The molecule has 0 bridgehead atoms. The van der Waals surface area contributed by atoms with Crippen LogP contribution < -0.4 is 5.32 Å². The van der Waals surface area contributed by atoms with Crippen molar-refractivity contribution >= 4 is 54.8 Å². The molecule has 1 N–H and O–H groups in total. The average Bonchev–Trinajstić information content (AvgIpc) is 3.72. The number of carbonyl (C=O) groups is 1. The fraction of sp³-hybridized carbons (Fsp3) is 0.300. The first-order valence-corrected chi connectivity index (χ1v) is 15.9.